The summed E-state index contributed by atoms with van der Waals surface area (Å²) in [4.78, 5) is 31.1. The van der Waals surface area contributed by atoms with Gasteiger partial charge in [0.05, 0.1) is 20.8 Å². The molecule has 0 saturated heterocycles. The third kappa shape index (κ3) is 4.11. The van der Waals surface area contributed by atoms with Crippen molar-refractivity contribution in [2.75, 3.05) is 0 Å². The Bertz CT molecular complexity index is 1180. The van der Waals surface area contributed by atoms with Crippen LogP contribution in [0.25, 0.3) is 12.2 Å². The SMILES string of the molecule is Cc1noc(C=Cc2ccccc2Oc2ccc([N+](=O)[O-])cc2[N+](=O)[O-])c1[N+](=O)[O-]. The Hall–Kier alpha value is -4.61. The Kier molecular flexibility index (Phi) is 5.49. The smallest absolute Gasteiger partial charge is 0.338 e. The lowest BCUT2D eigenvalue weighted by atomic mass is 10.1. The molecule has 0 fully saturated rings. The van der Waals surface area contributed by atoms with E-state index in [1.807, 2.05) is 0 Å². The third-order valence-electron chi connectivity index (χ3n) is 3.94. The Morgan fingerprint density at radius 1 is 0.933 bits per heavy atom. The molecule has 0 aliphatic heterocycles. The Balaban J connectivity index is 1.97. The van der Waals surface area contributed by atoms with E-state index in [-0.39, 0.29) is 28.6 Å². The third-order valence-corrected chi connectivity index (χ3v) is 3.94. The quantitative estimate of drug-likeness (QED) is 0.396. The summed E-state index contributed by atoms with van der Waals surface area (Å²) in [5, 5.41) is 36.9. The maximum atomic E-state index is 11.3. The maximum absolute atomic E-state index is 11.3. The van der Waals surface area contributed by atoms with Gasteiger partial charge in [-0.25, -0.2) is 0 Å². The monoisotopic (exact) mass is 412 g/mol. The average molecular weight is 412 g/mol. The van der Waals surface area contributed by atoms with Gasteiger partial charge in [0.15, 0.2) is 5.69 Å². The molecule has 0 atom stereocenters. The van der Waals surface area contributed by atoms with Crippen LogP contribution >= 0.6 is 0 Å². The molecule has 1 heterocycles. The topological polar surface area (TPSA) is 165 Å². The van der Waals surface area contributed by atoms with Crippen molar-refractivity contribution in [3.8, 4) is 11.5 Å². The van der Waals surface area contributed by atoms with Crippen molar-refractivity contribution in [2.45, 2.75) is 6.92 Å². The highest BCUT2D eigenvalue weighted by Gasteiger charge is 2.23. The van der Waals surface area contributed by atoms with Crippen molar-refractivity contribution in [1.82, 2.24) is 5.16 Å². The minimum absolute atomic E-state index is 0.0754. The molecule has 2 aromatic carbocycles. The number of hydrogen-bond acceptors (Lipinski definition) is 9. The van der Waals surface area contributed by atoms with Crippen LogP contribution in [0.3, 0.4) is 0 Å². The van der Waals surface area contributed by atoms with Gasteiger partial charge in [-0.05, 0) is 31.2 Å². The molecule has 0 unspecified atom stereocenters. The number of hydrogen-bond donors (Lipinski definition) is 0. The summed E-state index contributed by atoms with van der Waals surface area (Å²) in [6.07, 6.45) is 2.78. The molecule has 0 spiro atoms. The molecular formula is C18H12N4O8. The zero-order valence-corrected chi connectivity index (χ0v) is 15.3. The molecule has 0 aliphatic carbocycles. The van der Waals surface area contributed by atoms with E-state index in [1.165, 1.54) is 25.1 Å². The van der Waals surface area contributed by atoms with Crippen LogP contribution in [0.4, 0.5) is 17.1 Å². The normalized spacial score (nSPS) is 10.8. The second-order valence-corrected chi connectivity index (χ2v) is 5.88. The van der Waals surface area contributed by atoms with Crippen LogP contribution in [0.2, 0.25) is 0 Å². The number of aryl methyl sites for hydroxylation is 1. The van der Waals surface area contributed by atoms with Crippen LogP contribution in [0.15, 0.2) is 47.0 Å². The van der Waals surface area contributed by atoms with Gasteiger partial charge < -0.3 is 9.26 Å². The fraction of sp³-hybridized carbons (Fsp3) is 0.0556. The number of aromatic nitrogens is 1. The lowest BCUT2D eigenvalue weighted by molar-refractivity contribution is -0.394. The van der Waals surface area contributed by atoms with Gasteiger partial charge in [0, 0.05) is 11.6 Å². The molecule has 0 radical (unpaired) electrons. The van der Waals surface area contributed by atoms with Crippen molar-refractivity contribution in [1.29, 1.82) is 0 Å². The van der Waals surface area contributed by atoms with Gasteiger partial charge in [0.1, 0.15) is 5.75 Å². The second-order valence-electron chi connectivity index (χ2n) is 5.88. The van der Waals surface area contributed by atoms with E-state index in [9.17, 15) is 30.3 Å². The van der Waals surface area contributed by atoms with Crippen molar-refractivity contribution in [3.05, 3.63) is 89.8 Å². The summed E-state index contributed by atoms with van der Waals surface area (Å²) in [6.45, 7) is 1.43. The first-order chi connectivity index (χ1) is 14.3. The van der Waals surface area contributed by atoms with E-state index in [2.05, 4.69) is 5.16 Å². The number of ether oxygens (including phenoxy) is 1. The first-order valence-electron chi connectivity index (χ1n) is 8.26. The van der Waals surface area contributed by atoms with E-state index in [0.29, 0.717) is 5.56 Å². The predicted molar refractivity (Wildman–Crippen MR) is 103 cm³/mol. The van der Waals surface area contributed by atoms with Gasteiger partial charge in [-0.3, -0.25) is 30.3 Å². The van der Waals surface area contributed by atoms with Crippen LogP contribution in [-0.2, 0) is 0 Å². The van der Waals surface area contributed by atoms with E-state index < -0.39 is 26.1 Å². The summed E-state index contributed by atoms with van der Waals surface area (Å²) < 4.78 is 10.6. The van der Waals surface area contributed by atoms with Gasteiger partial charge >= 0.3 is 11.4 Å². The Morgan fingerprint density at radius 2 is 1.67 bits per heavy atom. The van der Waals surface area contributed by atoms with E-state index in [0.717, 1.165) is 18.2 Å². The molecule has 12 heteroatoms. The molecule has 12 nitrogen and oxygen atoms in total. The van der Waals surface area contributed by atoms with Crippen molar-refractivity contribution in [3.63, 3.8) is 0 Å². The molecule has 0 aliphatic rings. The summed E-state index contributed by atoms with van der Waals surface area (Å²) in [5.41, 5.74) is -0.769. The first kappa shape index (κ1) is 20.1. The second kappa shape index (κ2) is 8.18. The average Bonchev–Trinajstić information content (AvgIpc) is 3.08. The maximum Gasteiger partial charge on any atom is 0.338 e. The lowest BCUT2D eigenvalue weighted by Crippen LogP contribution is -1.96. The first-order valence-corrected chi connectivity index (χ1v) is 8.26. The zero-order chi connectivity index (χ0) is 21.8. The van der Waals surface area contributed by atoms with Crippen LogP contribution in [0.5, 0.6) is 11.5 Å². The summed E-state index contributed by atoms with van der Waals surface area (Å²) >= 11 is 0. The van der Waals surface area contributed by atoms with Crippen molar-refractivity contribution in [2.24, 2.45) is 0 Å². The molecule has 3 rings (SSSR count). The fourth-order valence-electron chi connectivity index (χ4n) is 2.56. The summed E-state index contributed by atoms with van der Waals surface area (Å²) in [6, 6.07) is 9.42. The highest BCUT2D eigenvalue weighted by atomic mass is 16.6. The zero-order valence-electron chi connectivity index (χ0n) is 15.3. The van der Waals surface area contributed by atoms with Gasteiger partial charge in [0.2, 0.25) is 11.5 Å². The number of benzene rings is 2. The molecule has 30 heavy (non-hydrogen) atoms. The van der Waals surface area contributed by atoms with Crippen molar-refractivity contribution < 1.29 is 24.0 Å². The van der Waals surface area contributed by atoms with E-state index in [1.54, 1.807) is 18.2 Å². The molecule has 0 saturated carbocycles. The van der Waals surface area contributed by atoms with E-state index >= 15 is 0 Å². The van der Waals surface area contributed by atoms with Crippen LogP contribution < -0.4 is 4.74 Å². The number of non-ortho nitro benzene ring substituents is 1. The standard InChI is InChI=1S/C18H12N4O8/c1-11-18(22(27)28)17(30-19-11)8-6-12-4-2-3-5-15(12)29-16-9-7-13(20(23)24)10-14(16)21(25)26/h2-10H,1H3. The number of para-hydroxylation sites is 1. The minimum Gasteiger partial charge on any atom is -0.449 e. The molecular weight excluding hydrogens is 400 g/mol. The van der Waals surface area contributed by atoms with Crippen molar-refractivity contribution >= 4 is 29.2 Å². The van der Waals surface area contributed by atoms with Gasteiger partial charge in [0.25, 0.3) is 5.69 Å². The molecule has 0 bridgehead atoms. The van der Waals surface area contributed by atoms with Crippen LogP contribution in [0.1, 0.15) is 17.0 Å². The molecule has 0 amide bonds. The number of nitrogens with zero attached hydrogens (tertiary/aromatic N) is 4. The fourth-order valence-corrected chi connectivity index (χ4v) is 2.56. The van der Waals surface area contributed by atoms with Crippen LogP contribution in [0, 0.1) is 37.3 Å². The Labute approximate surface area is 167 Å². The van der Waals surface area contributed by atoms with Gasteiger partial charge in [-0.2, -0.15) is 0 Å². The molecule has 3 aromatic rings. The van der Waals surface area contributed by atoms with Crippen LogP contribution in [-0.4, -0.2) is 19.9 Å². The summed E-state index contributed by atoms with van der Waals surface area (Å²) in [7, 11) is 0. The largest absolute Gasteiger partial charge is 0.449 e. The molecule has 1 aromatic heterocycles. The summed E-state index contributed by atoms with van der Waals surface area (Å²) in [5.74, 6) is -0.0915. The van der Waals surface area contributed by atoms with E-state index in [4.69, 9.17) is 9.26 Å². The minimum atomic E-state index is -0.790. The predicted octanol–water partition coefficient (Wildman–Crippen LogP) is 4.67. The number of nitro benzene ring substituents is 2. The number of nitro groups is 3. The lowest BCUT2D eigenvalue weighted by Gasteiger charge is -2.09. The van der Waals surface area contributed by atoms with Gasteiger partial charge in [-0.1, -0.05) is 23.4 Å². The molecule has 152 valence electrons. The highest BCUT2D eigenvalue weighted by molar-refractivity contribution is 5.74. The Morgan fingerprint density at radius 3 is 2.33 bits per heavy atom. The highest BCUT2D eigenvalue weighted by Crippen LogP contribution is 2.36. The molecule has 0 N–H and O–H groups in total. The van der Waals surface area contributed by atoms with Gasteiger partial charge in [-0.15, -0.1) is 0 Å². The number of rotatable bonds is 7.